The number of benzene rings is 1. The van der Waals surface area contributed by atoms with E-state index < -0.39 is 0 Å². The van der Waals surface area contributed by atoms with Crippen molar-refractivity contribution >= 4 is 11.6 Å². The lowest BCUT2D eigenvalue weighted by molar-refractivity contribution is 0.0930. The van der Waals surface area contributed by atoms with Gasteiger partial charge in [0.1, 0.15) is 5.75 Å². The van der Waals surface area contributed by atoms with Crippen molar-refractivity contribution in [2.45, 2.75) is 26.8 Å². The lowest BCUT2D eigenvalue weighted by Crippen LogP contribution is -2.41. The maximum absolute atomic E-state index is 12.1. The van der Waals surface area contributed by atoms with Crippen LogP contribution < -0.4 is 15.8 Å². The third-order valence-electron chi connectivity index (χ3n) is 3.30. The van der Waals surface area contributed by atoms with E-state index in [1.165, 1.54) is 0 Å². The molecule has 1 amide bonds. The predicted octanol–water partition coefficient (Wildman–Crippen LogP) is 1.74. The normalized spacial score (nSPS) is 12.2. The van der Waals surface area contributed by atoms with Gasteiger partial charge in [0.2, 0.25) is 0 Å². The molecule has 20 heavy (non-hydrogen) atoms. The highest BCUT2D eigenvalue weighted by Crippen LogP contribution is 2.21. The Balaban J connectivity index is 2.64. The third kappa shape index (κ3) is 4.42. The molecule has 0 saturated heterocycles. The first kappa shape index (κ1) is 16.3. The fourth-order valence-corrected chi connectivity index (χ4v) is 2.10. The highest BCUT2D eigenvalue weighted by Gasteiger charge is 2.13. The smallest absolute Gasteiger partial charge is 0.251 e. The SMILES string of the molecule is CCN(CC)CC(C)NC(=O)c1ccc(OC)c(N)c1. The number of nitrogens with two attached hydrogens (primary N) is 1. The van der Waals surface area contributed by atoms with Crippen LogP contribution in [-0.4, -0.2) is 43.6 Å². The summed E-state index contributed by atoms with van der Waals surface area (Å²) in [6, 6.07) is 5.15. The number of hydrogen-bond donors (Lipinski definition) is 2. The van der Waals surface area contributed by atoms with Crippen LogP contribution in [0.1, 0.15) is 31.1 Å². The van der Waals surface area contributed by atoms with Crippen molar-refractivity contribution in [1.82, 2.24) is 10.2 Å². The highest BCUT2D eigenvalue weighted by molar-refractivity contribution is 5.95. The predicted molar refractivity (Wildman–Crippen MR) is 82.1 cm³/mol. The number of anilines is 1. The molecule has 3 N–H and O–H groups in total. The van der Waals surface area contributed by atoms with Crippen LogP contribution in [0.25, 0.3) is 0 Å². The van der Waals surface area contributed by atoms with Crippen molar-refractivity contribution in [3.05, 3.63) is 23.8 Å². The molecule has 0 aliphatic carbocycles. The molecule has 1 atom stereocenters. The number of rotatable bonds is 7. The molecule has 1 unspecified atom stereocenters. The standard InChI is InChI=1S/C15H25N3O2/c1-5-18(6-2)10-11(3)17-15(19)12-7-8-14(20-4)13(16)9-12/h7-9,11H,5-6,10,16H2,1-4H3,(H,17,19). The minimum absolute atomic E-state index is 0.0886. The van der Waals surface area contributed by atoms with E-state index in [0.29, 0.717) is 17.0 Å². The van der Waals surface area contributed by atoms with Crippen molar-refractivity contribution in [1.29, 1.82) is 0 Å². The Morgan fingerprint density at radius 2 is 2.05 bits per heavy atom. The van der Waals surface area contributed by atoms with Crippen LogP contribution in [0.3, 0.4) is 0 Å². The van der Waals surface area contributed by atoms with Gasteiger partial charge in [0.15, 0.2) is 0 Å². The monoisotopic (exact) mass is 279 g/mol. The summed E-state index contributed by atoms with van der Waals surface area (Å²) < 4.78 is 5.08. The number of nitrogen functional groups attached to an aromatic ring is 1. The van der Waals surface area contributed by atoms with Gasteiger partial charge < -0.3 is 20.7 Å². The molecule has 0 aliphatic heterocycles. The Morgan fingerprint density at radius 1 is 1.40 bits per heavy atom. The largest absolute Gasteiger partial charge is 0.495 e. The minimum atomic E-state index is -0.112. The fraction of sp³-hybridized carbons (Fsp3) is 0.533. The van der Waals surface area contributed by atoms with Crippen LogP contribution in [0, 0.1) is 0 Å². The summed E-state index contributed by atoms with van der Waals surface area (Å²) >= 11 is 0. The minimum Gasteiger partial charge on any atom is -0.495 e. The van der Waals surface area contributed by atoms with Gasteiger partial charge in [-0.3, -0.25) is 4.79 Å². The Hall–Kier alpha value is -1.75. The van der Waals surface area contributed by atoms with E-state index in [1.54, 1.807) is 25.3 Å². The Kier molecular flexibility index (Phi) is 6.31. The van der Waals surface area contributed by atoms with Crippen molar-refractivity contribution in [3.63, 3.8) is 0 Å². The van der Waals surface area contributed by atoms with E-state index in [9.17, 15) is 4.79 Å². The summed E-state index contributed by atoms with van der Waals surface area (Å²) in [5, 5.41) is 2.98. The number of ether oxygens (including phenoxy) is 1. The topological polar surface area (TPSA) is 67.6 Å². The molecule has 5 heteroatoms. The van der Waals surface area contributed by atoms with Gasteiger partial charge in [-0.1, -0.05) is 13.8 Å². The summed E-state index contributed by atoms with van der Waals surface area (Å²) in [5.41, 5.74) is 6.83. The number of nitrogens with one attached hydrogen (secondary N) is 1. The summed E-state index contributed by atoms with van der Waals surface area (Å²) in [6.45, 7) is 9.02. The van der Waals surface area contributed by atoms with Gasteiger partial charge in [0, 0.05) is 18.2 Å². The molecule has 1 rings (SSSR count). The number of carbonyl (C=O) groups excluding carboxylic acids is 1. The van der Waals surface area contributed by atoms with Gasteiger partial charge in [0.25, 0.3) is 5.91 Å². The average Bonchev–Trinajstić information content (AvgIpc) is 2.44. The van der Waals surface area contributed by atoms with Crippen molar-refractivity contribution < 1.29 is 9.53 Å². The molecule has 0 radical (unpaired) electrons. The molecule has 0 aliphatic rings. The average molecular weight is 279 g/mol. The zero-order valence-corrected chi connectivity index (χ0v) is 12.8. The number of amides is 1. The molecule has 0 bridgehead atoms. The van der Waals surface area contributed by atoms with Crippen molar-refractivity contribution in [2.75, 3.05) is 32.5 Å². The first-order chi connectivity index (χ1) is 9.51. The van der Waals surface area contributed by atoms with E-state index in [-0.39, 0.29) is 11.9 Å². The van der Waals surface area contributed by atoms with E-state index in [4.69, 9.17) is 10.5 Å². The molecular formula is C15H25N3O2. The molecule has 0 heterocycles. The second-order valence-corrected chi connectivity index (χ2v) is 4.82. The Labute approximate surface area is 121 Å². The first-order valence-corrected chi connectivity index (χ1v) is 6.98. The molecule has 112 valence electrons. The summed E-state index contributed by atoms with van der Waals surface area (Å²) in [6.07, 6.45) is 0. The second kappa shape index (κ2) is 7.75. The van der Waals surface area contributed by atoms with Gasteiger partial charge >= 0.3 is 0 Å². The quantitative estimate of drug-likeness (QED) is 0.746. The Bertz CT molecular complexity index is 445. The van der Waals surface area contributed by atoms with Gasteiger partial charge in [-0.25, -0.2) is 0 Å². The Morgan fingerprint density at radius 3 is 2.55 bits per heavy atom. The van der Waals surface area contributed by atoms with Crippen LogP contribution in [0.2, 0.25) is 0 Å². The molecule has 0 aromatic heterocycles. The van der Waals surface area contributed by atoms with Gasteiger partial charge in [0.05, 0.1) is 12.8 Å². The van der Waals surface area contributed by atoms with Gasteiger partial charge in [-0.05, 0) is 38.2 Å². The van der Waals surface area contributed by atoms with Gasteiger partial charge in [-0.2, -0.15) is 0 Å². The number of hydrogen-bond acceptors (Lipinski definition) is 4. The summed E-state index contributed by atoms with van der Waals surface area (Å²) in [7, 11) is 1.55. The molecule has 1 aromatic rings. The lowest BCUT2D eigenvalue weighted by Gasteiger charge is -2.23. The molecule has 0 saturated carbocycles. The number of nitrogens with zero attached hydrogens (tertiary/aromatic N) is 1. The zero-order valence-electron chi connectivity index (χ0n) is 12.8. The number of carbonyl (C=O) groups is 1. The van der Waals surface area contributed by atoms with E-state index in [1.807, 2.05) is 6.92 Å². The van der Waals surface area contributed by atoms with Crippen LogP contribution in [-0.2, 0) is 0 Å². The van der Waals surface area contributed by atoms with Crippen molar-refractivity contribution in [2.24, 2.45) is 0 Å². The maximum Gasteiger partial charge on any atom is 0.251 e. The van der Waals surface area contributed by atoms with E-state index in [0.717, 1.165) is 19.6 Å². The molecule has 1 aromatic carbocycles. The summed E-state index contributed by atoms with van der Waals surface area (Å²) in [4.78, 5) is 14.4. The number of methoxy groups -OCH3 is 1. The molecule has 0 spiro atoms. The first-order valence-electron chi connectivity index (χ1n) is 6.98. The van der Waals surface area contributed by atoms with Gasteiger partial charge in [-0.15, -0.1) is 0 Å². The van der Waals surface area contributed by atoms with E-state index in [2.05, 4.69) is 24.1 Å². The highest BCUT2D eigenvalue weighted by atomic mass is 16.5. The number of likely N-dealkylation sites (N-methyl/N-ethyl adjacent to an activating group) is 1. The molecule has 0 fully saturated rings. The second-order valence-electron chi connectivity index (χ2n) is 4.82. The molecular weight excluding hydrogens is 254 g/mol. The molecule has 5 nitrogen and oxygen atoms in total. The maximum atomic E-state index is 12.1. The van der Waals surface area contributed by atoms with Crippen LogP contribution >= 0.6 is 0 Å². The third-order valence-corrected chi connectivity index (χ3v) is 3.30. The van der Waals surface area contributed by atoms with Crippen molar-refractivity contribution in [3.8, 4) is 5.75 Å². The lowest BCUT2D eigenvalue weighted by atomic mass is 10.1. The fourth-order valence-electron chi connectivity index (χ4n) is 2.10. The summed E-state index contributed by atoms with van der Waals surface area (Å²) in [5.74, 6) is 0.469. The van der Waals surface area contributed by atoms with E-state index >= 15 is 0 Å². The van der Waals surface area contributed by atoms with Crippen LogP contribution in [0.15, 0.2) is 18.2 Å². The van der Waals surface area contributed by atoms with Crippen LogP contribution in [0.5, 0.6) is 5.75 Å². The zero-order chi connectivity index (χ0) is 15.1. The van der Waals surface area contributed by atoms with Crippen LogP contribution in [0.4, 0.5) is 5.69 Å².